The van der Waals surface area contributed by atoms with Crippen LogP contribution in [0.1, 0.15) is 0 Å². The zero-order valence-corrected chi connectivity index (χ0v) is 11.2. The first-order valence-corrected chi connectivity index (χ1v) is 7.26. The van der Waals surface area contributed by atoms with Crippen LogP contribution in [0.3, 0.4) is 0 Å². The van der Waals surface area contributed by atoms with E-state index in [-0.39, 0.29) is 5.82 Å². The van der Waals surface area contributed by atoms with Gasteiger partial charge in [-0.3, -0.25) is 0 Å². The molecule has 20 heavy (non-hydrogen) atoms. The van der Waals surface area contributed by atoms with Crippen LogP contribution in [0, 0.1) is 5.82 Å². The number of benzene rings is 3. The zero-order valence-electron chi connectivity index (χ0n) is 10.3. The second-order valence-electron chi connectivity index (χ2n) is 4.17. The first-order valence-electron chi connectivity index (χ1n) is 5.70. The highest BCUT2D eigenvalue weighted by Crippen LogP contribution is 2.26. The molecule has 0 bridgehead atoms. The quantitative estimate of drug-likeness (QED) is 0.439. The Hall–Kier alpha value is -1.78. The second kappa shape index (κ2) is 5.69. The van der Waals surface area contributed by atoms with Gasteiger partial charge in [0.1, 0.15) is 5.82 Å². The van der Waals surface area contributed by atoms with Crippen LogP contribution in [0.2, 0.25) is 0 Å². The molecule has 0 amide bonds. The van der Waals surface area contributed by atoms with Crippen molar-refractivity contribution in [1.29, 1.82) is 0 Å². The third kappa shape index (κ3) is 3.85. The summed E-state index contributed by atoms with van der Waals surface area (Å²) in [6.45, 7) is 0. The lowest BCUT2D eigenvalue weighted by molar-refractivity contribution is 0.275. The smallest absolute Gasteiger partial charge is 0.303 e. The Labute approximate surface area is 114 Å². The molecule has 0 aliphatic rings. The Morgan fingerprint density at radius 3 is 1.90 bits per heavy atom. The van der Waals surface area contributed by atoms with Crippen LogP contribution in [0.25, 0.3) is 21.5 Å². The van der Waals surface area contributed by atoms with E-state index in [4.69, 9.17) is 19.2 Å². The van der Waals surface area contributed by atoms with E-state index in [0.717, 1.165) is 16.2 Å². The van der Waals surface area contributed by atoms with Gasteiger partial charge in [-0.15, -0.1) is 0 Å². The summed E-state index contributed by atoms with van der Waals surface area (Å²) in [6, 6.07) is 17.1. The summed E-state index contributed by atoms with van der Waals surface area (Å²) in [4.78, 5) is 21.6. The molecule has 0 saturated carbocycles. The Bertz CT molecular complexity index is 789. The van der Waals surface area contributed by atoms with E-state index in [0.29, 0.717) is 5.39 Å². The summed E-state index contributed by atoms with van der Waals surface area (Å²) in [5, 5.41) is 3.87. The van der Waals surface area contributed by atoms with Crippen LogP contribution in [0.5, 0.6) is 0 Å². The minimum atomic E-state index is -4.64. The third-order valence-corrected chi connectivity index (χ3v) is 2.69. The van der Waals surface area contributed by atoms with Crippen LogP contribution in [-0.2, 0) is 4.57 Å². The van der Waals surface area contributed by atoms with E-state index < -0.39 is 7.82 Å². The molecule has 0 radical (unpaired) electrons. The molecule has 3 rings (SSSR count). The number of rotatable bonds is 0. The predicted octanol–water partition coefficient (Wildman–Crippen LogP) is 3.20. The van der Waals surface area contributed by atoms with Gasteiger partial charge in [-0.25, -0.2) is 8.96 Å². The Morgan fingerprint density at radius 2 is 1.30 bits per heavy atom. The van der Waals surface area contributed by atoms with E-state index in [9.17, 15) is 4.39 Å². The van der Waals surface area contributed by atoms with Gasteiger partial charge in [0.15, 0.2) is 0 Å². The lowest BCUT2D eigenvalue weighted by Gasteiger charge is -2.02. The number of phosphoric acid groups is 1. The van der Waals surface area contributed by atoms with Gasteiger partial charge in [0.05, 0.1) is 0 Å². The predicted molar refractivity (Wildman–Crippen MR) is 75.7 cm³/mol. The lowest BCUT2D eigenvalue weighted by Crippen LogP contribution is -1.80. The van der Waals surface area contributed by atoms with Crippen molar-refractivity contribution in [3.8, 4) is 0 Å². The maximum Gasteiger partial charge on any atom is 0.466 e. The summed E-state index contributed by atoms with van der Waals surface area (Å²) >= 11 is 0. The fraction of sp³-hybridized carbons (Fsp3) is 0. The molecule has 0 spiro atoms. The molecule has 0 fully saturated rings. The molecule has 0 aliphatic carbocycles. The standard InChI is InChI=1S/C14H9F.H3O4P/c15-14-7-3-6-12-8-10-4-1-2-5-11(10)9-13(12)14;1-5(2,3)4/h1-9H;(H3,1,2,3,4). The first kappa shape index (κ1) is 14.6. The maximum atomic E-state index is 13.5. The molecule has 0 atom stereocenters. The zero-order chi connectivity index (χ0) is 14.8. The molecule has 0 aromatic heterocycles. The molecule has 3 N–H and O–H groups in total. The van der Waals surface area contributed by atoms with Gasteiger partial charge in [-0.05, 0) is 34.4 Å². The molecule has 0 aliphatic heterocycles. The van der Waals surface area contributed by atoms with Crippen molar-refractivity contribution in [3.63, 3.8) is 0 Å². The van der Waals surface area contributed by atoms with Gasteiger partial charge in [0.2, 0.25) is 0 Å². The third-order valence-electron chi connectivity index (χ3n) is 2.69. The van der Waals surface area contributed by atoms with Crippen LogP contribution >= 0.6 is 7.82 Å². The number of fused-ring (bicyclic) bond motifs is 2. The van der Waals surface area contributed by atoms with Crippen molar-refractivity contribution < 1.29 is 23.6 Å². The van der Waals surface area contributed by atoms with Crippen molar-refractivity contribution in [2.45, 2.75) is 0 Å². The van der Waals surface area contributed by atoms with Crippen molar-refractivity contribution in [1.82, 2.24) is 0 Å². The fourth-order valence-electron chi connectivity index (χ4n) is 1.93. The SMILES string of the molecule is Fc1cccc2cc3ccccc3cc12.O=P(O)(O)O. The Morgan fingerprint density at radius 1 is 0.800 bits per heavy atom. The highest BCUT2D eigenvalue weighted by molar-refractivity contribution is 7.45. The van der Waals surface area contributed by atoms with E-state index in [1.165, 1.54) is 6.07 Å². The molecule has 0 heterocycles. The summed E-state index contributed by atoms with van der Waals surface area (Å²) in [5.74, 6) is -0.154. The van der Waals surface area contributed by atoms with Gasteiger partial charge >= 0.3 is 7.82 Å². The van der Waals surface area contributed by atoms with Gasteiger partial charge in [0, 0.05) is 5.39 Å². The summed E-state index contributed by atoms with van der Waals surface area (Å²) in [6.07, 6.45) is 0. The maximum absolute atomic E-state index is 13.5. The van der Waals surface area contributed by atoms with Gasteiger partial charge in [0.25, 0.3) is 0 Å². The van der Waals surface area contributed by atoms with E-state index in [2.05, 4.69) is 0 Å². The van der Waals surface area contributed by atoms with Crippen LogP contribution in [-0.4, -0.2) is 14.7 Å². The normalized spacial score (nSPS) is 11.2. The molecule has 4 nitrogen and oxygen atoms in total. The van der Waals surface area contributed by atoms with Crippen molar-refractivity contribution in [2.24, 2.45) is 0 Å². The van der Waals surface area contributed by atoms with Crippen molar-refractivity contribution >= 4 is 29.4 Å². The van der Waals surface area contributed by atoms with Gasteiger partial charge in [-0.1, -0.05) is 36.4 Å². The molecule has 104 valence electrons. The molecule has 0 unspecified atom stereocenters. The minimum Gasteiger partial charge on any atom is -0.303 e. The molecule has 6 heteroatoms. The van der Waals surface area contributed by atoms with Gasteiger partial charge in [-0.2, -0.15) is 0 Å². The highest BCUT2D eigenvalue weighted by atomic mass is 31.2. The monoisotopic (exact) mass is 294 g/mol. The Kier molecular flexibility index (Phi) is 4.16. The largest absolute Gasteiger partial charge is 0.466 e. The van der Waals surface area contributed by atoms with Crippen LogP contribution < -0.4 is 0 Å². The highest BCUT2D eigenvalue weighted by Gasteiger charge is 2.01. The lowest BCUT2D eigenvalue weighted by atomic mass is 10.0. The van der Waals surface area contributed by atoms with E-state index in [1.807, 2.05) is 42.5 Å². The summed E-state index contributed by atoms with van der Waals surface area (Å²) < 4.78 is 22.4. The van der Waals surface area contributed by atoms with Crippen LogP contribution in [0.15, 0.2) is 54.6 Å². The fourth-order valence-corrected chi connectivity index (χ4v) is 1.93. The number of hydrogen-bond donors (Lipinski definition) is 3. The first-order chi connectivity index (χ1) is 9.34. The topological polar surface area (TPSA) is 77.8 Å². The van der Waals surface area contributed by atoms with Gasteiger partial charge < -0.3 is 14.7 Å². The number of hydrogen-bond acceptors (Lipinski definition) is 1. The summed E-state index contributed by atoms with van der Waals surface area (Å²) in [7, 11) is -4.64. The van der Waals surface area contributed by atoms with Crippen molar-refractivity contribution in [2.75, 3.05) is 0 Å². The average Bonchev–Trinajstić information content (AvgIpc) is 2.35. The molecule has 0 saturated heterocycles. The second-order valence-corrected chi connectivity index (χ2v) is 5.20. The molecule has 3 aromatic carbocycles. The van der Waals surface area contributed by atoms with Crippen LogP contribution in [0.4, 0.5) is 4.39 Å². The average molecular weight is 294 g/mol. The van der Waals surface area contributed by atoms with E-state index >= 15 is 0 Å². The minimum absolute atomic E-state index is 0.154. The molecular formula is C14H12FO4P. The van der Waals surface area contributed by atoms with E-state index in [1.54, 1.807) is 6.07 Å². The Balaban J connectivity index is 0.000000257. The summed E-state index contributed by atoms with van der Waals surface area (Å²) in [5.41, 5.74) is 0. The number of halogens is 1. The van der Waals surface area contributed by atoms with Crippen molar-refractivity contribution in [3.05, 3.63) is 60.4 Å². The molecule has 3 aromatic rings. The molecular weight excluding hydrogens is 282 g/mol.